The van der Waals surface area contributed by atoms with Crippen molar-refractivity contribution in [2.45, 2.75) is 13.0 Å². The second kappa shape index (κ2) is 8.47. The van der Waals surface area contributed by atoms with Crippen LogP contribution < -0.4 is 10.1 Å². The number of aromatic nitrogens is 2. The van der Waals surface area contributed by atoms with Gasteiger partial charge in [0.25, 0.3) is 0 Å². The first kappa shape index (κ1) is 17.9. The molecule has 134 valence electrons. The maximum Gasteiger partial charge on any atom is 0.134 e. The van der Waals surface area contributed by atoms with Gasteiger partial charge in [0.1, 0.15) is 22.5 Å². The minimum absolute atomic E-state index is 0.212. The van der Waals surface area contributed by atoms with Crippen LogP contribution in [0.15, 0.2) is 30.3 Å². The Kier molecular flexibility index (Phi) is 6.07. The smallest absolute Gasteiger partial charge is 0.134 e. The number of hydrogen-bond acceptors (Lipinski definition) is 6. The number of nitrogens with one attached hydrogen (secondary N) is 1. The molecule has 0 amide bonds. The Morgan fingerprint density at radius 3 is 2.60 bits per heavy atom. The molecule has 0 bridgehead atoms. The minimum atomic E-state index is 0.212. The fraction of sp³-hybridized carbons (Fsp3) is 0.444. The van der Waals surface area contributed by atoms with Gasteiger partial charge < -0.3 is 14.8 Å². The van der Waals surface area contributed by atoms with E-state index in [-0.39, 0.29) is 6.04 Å². The maximum absolute atomic E-state index is 6.03. The molecule has 3 rings (SSSR count). The van der Waals surface area contributed by atoms with E-state index in [0.29, 0.717) is 11.0 Å². The molecule has 0 spiro atoms. The quantitative estimate of drug-likeness (QED) is 0.797. The van der Waals surface area contributed by atoms with Crippen molar-refractivity contribution in [2.75, 3.05) is 45.3 Å². The van der Waals surface area contributed by atoms with Crippen LogP contribution in [0.2, 0.25) is 5.15 Å². The lowest BCUT2D eigenvalue weighted by Gasteiger charge is -2.35. The predicted molar refractivity (Wildman–Crippen MR) is 98.4 cm³/mol. The van der Waals surface area contributed by atoms with E-state index in [1.807, 2.05) is 19.1 Å². The first-order valence-corrected chi connectivity index (χ1v) is 8.74. The Morgan fingerprint density at radius 2 is 1.96 bits per heavy atom. The molecule has 1 saturated heterocycles. The Labute approximate surface area is 153 Å². The van der Waals surface area contributed by atoms with E-state index in [1.54, 1.807) is 13.2 Å². The molecule has 7 heteroatoms. The molecule has 1 aliphatic heterocycles. The lowest BCUT2D eigenvalue weighted by Crippen LogP contribution is -2.41. The number of halogens is 1. The lowest BCUT2D eigenvalue weighted by molar-refractivity contribution is 0.0187. The van der Waals surface area contributed by atoms with Gasteiger partial charge in [-0.3, -0.25) is 4.90 Å². The van der Waals surface area contributed by atoms with Crippen molar-refractivity contribution < 1.29 is 9.47 Å². The van der Waals surface area contributed by atoms with Crippen LogP contribution in [0.1, 0.15) is 17.4 Å². The van der Waals surface area contributed by atoms with Crippen molar-refractivity contribution in [2.24, 2.45) is 0 Å². The van der Waals surface area contributed by atoms with Gasteiger partial charge in [-0.2, -0.15) is 0 Å². The van der Waals surface area contributed by atoms with E-state index >= 15 is 0 Å². The third kappa shape index (κ3) is 4.81. The van der Waals surface area contributed by atoms with E-state index in [0.717, 1.165) is 44.4 Å². The first-order chi connectivity index (χ1) is 12.2. The Balaban J connectivity index is 1.77. The van der Waals surface area contributed by atoms with Crippen LogP contribution >= 0.6 is 11.6 Å². The summed E-state index contributed by atoms with van der Waals surface area (Å²) in [5.41, 5.74) is 1.23. The normalized spacial score (nSPS) is 16.4. The summed E-state index contributed by atoms with van der Waals surface area (Å²) in [4.78, 5) is 10.9. The molecule has 1 aliphatic rings. The van der Waals surface area contributed by atoms with E-state index in [9.17, 15) is 0 Å². The maximum atomic E-state index is 6.03. The van der Waals surface area contributed by atoms with Gasteiger partial charge in [-0.25, -0.2) is 9.97 Å². The van der Waals surface area contributed by atoms with Gasteiger partial charge >= 0.3 is 0 Å². The van der Waals surface area contributed by atoms with Crippen molar-refractivity contribution in [3.63, 3.8) is 0 Å². The van der Waals surface area contributed by atoms with Crippen LogP contribution in [0.3, 0.4) is 0 Å². The van der Waals surface area contributed by atoms with E-state index < -0.39 is 0 Å². The molecule has 1 N–H and O–H groups in total. The number of anilines is 1. The molecule has 2 aromatic rings. The number of benzene rings is 1. The second-order valence-corrected chi connectivity index (χ2v) is 6.33. The van der Waals surface area contributed by atoms with Crippen LogP contribution in [0, 0.1) is 6.92 Å². The average Bonchev–Trinajstić information content (AvgIpc) is 2.62. The molecule has 1 aromatic carbocycles. The van der Waals surface area contributed by atoms with Crippen molar-refractivity contribution >= 4 is 17.4 Å². The summed E-state index contributed by atoms with van der Waals surface area (Å²) in [7, 11) is 1.68. The van der Waals surface area contributed by atoms with Crippen LogP contribution in [0.4, 0.5) is 5.82 Å². The van der Waals surface area contributed by atoms with Gasteiger partial charge in [0.05, 0.1) is 26.4 Å². The Morgan fingerprint density at radius 1 is 1.24 bits per heavy atom. The molecule has 6 nitrogen and oxygen atoms in total. The highest BCUT2D eigenvalue weighted by Crippen LogP contribution is 2.25. The number of rotatable bonds is 6. The third-order valence-electron chi connectivity index (χ3n) is 4.27. The molecule has 1 atom stereocenters. The third-order valence-corrected chi connectivity index (χ3v) is 4.46. The number of aryl methyl sites for hydroxylation is 1. The van der Waals surface area contributed by atoms with Crippen molar-refractivity contribution in [3.8, 4) is 5.75 Å². The van der Waals surface area contributed by atoms with Crippen LogP contribution in [-0.2, 0) is 4.74 Å². The summed E-state index contributed by atoms with van der Waals surface area (Å²) in [5.74, 6) is 2.25. The molecule has 1 fully saturated rings. The first-order valence-electron chi connectivity index (χ1n) is 8.36. The highest BCUT2D eigenvalue weighted by molar-refractivity contribution is 6.29. The molecule has 1 unspecified atom stereocenters. The standard InChI is InChI=1S/C18H23ClN4O2/c1-13-21-17(19)11-18(22-13)20-12-16(23-7-9-25-10-8-23)14-3-5-15(24-2)6-4-14/h3-6,11,16H,7-10,12H2,1-2H3,(H,20,21,22). The molecule has 0 radical (unpaired) electrons. The van der Waals surface area contributed by atoms with Gasteiger partial charge in [-0.05, 0) is 24.6 Å². The monoisotopic (exact) mass is 362 g/mol. The highest BCUT2D eigenvalue weighted by atomic mass is 35.5. The number of nitrogens with zero attached hydrogens (tertiary/aromatic N) is 3. The summed E-state index contributed by atoms with van der Waals surface area (Å²) in [5, 5.41) is 3.85. The lowest BCUT2D eigenvalue weighted by atomic mass is 10.0. The molecule has 0 saturated carbocycles. The largest absolute Gasteiger partial charge is 0.497 e. The molecule has 25 heavy (non-hydrogen) atoms. The Hall–Kier alpha value is -1.89. The summed E-state index contributed by atoms with van der Waals surface area (Å²) in [6.45, 7) is 5.87. The van der Waals surface area contributed by atoms with Gasteiger partial charge in [0, 0.05) is 25.7 Å². The highest BCUT2D eigenvalue weighted by Gasteiger charge is 2.22. The molecular weight excluding hydrogens is 340 g/mol. The van der Waals surface area contributed by atoms with Gasteiger partial charge in [0.2, 0.25) is 0 Å². The molecule has 1 aromatic heterocycles. The summed E-state index contributed by atoms with van der Waals surface area (Å²) in [6, 6.07) is 10.2. The fourth-order valence-corrected chi connectivity index (χ4v) is 3.22. The van der Waals surface area contributed by atoms with Crippen molar-refractivity contribution in [1.82, 2.24) is 14.9 Å². The topological polar surface area (TPSA) is 59.5 Å². The molecule has 2 heterocycles. The summed E-state index contributed by atoms with van der Waals surface area (Å²) < 4.78 is 10.8. The SMILES string of the molecule is COc1ccc(C(CNc2cc(Cl)nc(C)n2)N2CCOCC2)cc1. The number of ether oxygens (including phenoxy) is 2. The van der Waals surface area contributed by atoms with Crippen molar-refractivity contribution in [1.29, 1.82) is 0 Å². The zero-order valence-electron chi connectivity index (χ0n) is 14.5. The summed E-state index contributed by atoms with van der Waals surface area (Å²) in [6.07, 6.45) is 0. The van der Waals surface area contributed by atoms with Crippen LogP contribution in [-0.4, -0.2) is 54.8 Å². The average molecular weight is 363 g/mol. The van der Waals surface area contributed by atoms with Crippen molar-refractivity contribution in [3.05, 3.63) is 46.9 Å². The molecular formula is C18H23ClN4O2. The van der Waals surface area contributed by atoms with Crippen LogP contribution in [0.5, 0.6) is 5.75 Å². The summed E-state index contributed by atoms with van der Waals surface area (Å²) >= 11 is 6.03. The van der Waals surface area contributed by atoms with Crippen LogP contribution in [0.25, 0.3) is 0 Å². The minimum Gasteiger partial charge on any atom is -0.497 e. The van der Waals surface area contributed by atoms with Gasteiger partial charge in [-0.1, -0.05) is 23.7 Å². The number of methoxy groups -OCH3 is 1. The zero-order valence-corrected chi connectivity index (χ0v) is 15.3. The Bertz CT molecular complexity index is 670. The number of morpholine rings is 1. The number of hydrogen-bond donors (Lipinski definition) is 1. The van der Waals surface area contributed by atoms with E-state index in [4.69, 9.17) is 21.1 Å². The van der Waals surface area contributed by atoms with Gasteiger partial charge in [-0.15, -0.1) is 0 Å². The van der Waals surface area contributed by atoms with E-state index in [2.05, 4.69) is 32.3 Å². The predicted octanol–water partition coefficient (Wildman–Crippen LogP) is 2.93. The van der Waals surface area contributed by atoms with E-state index in [1.165, 1.54) is 5.56 Å². The fourth-order valence-electron chi connectivity index (χ4n) is 3.00. The zero-order chi connectivity index (χ0) is 17.6. The second-order valence-electron chi connectivity index (χ2n) is 5.94. The van der Waals surface area contributed by atoms with Gasteiger partial charge in [0.15, 0.2) is 0 Å². The molecule has 0 aliphatic carbocycles.